The minimum Gasteiger partial charge on any atom is -0.276 e. The van der Waals surface area contributed by atoms with Crippen molar-refractivity contribution < 1.29 is 4.79 Å². The molecular formula is C13H7Cl3OS. The van der Waals surface area contributed by atoms with Crippen molar-refractivity contribution >= 4 is 51.8 Å². The Labute approximate surface area is 124 Å². The molecule has 0 atom stereocenters. The molecule has 0 amide bonds. The summed E-state index contributed by atoms with van der Waals surface area (Å²) in [6.45, 7) is 0. The largest absolute Gasteiger partial charge is 0.276 e. The second-order valence-electron chi connectivity index (χ2n) is 3.45. The van der Waals surface area contributed by atoms with Crippen LogP contribution in [0.1, 0.15) is 10.4 Å². The summed E-state index contributed by atoms with van der Waals surface area (Å²) < 4.78 is 0. The van der Waals surface area contributed by atoms with Crippen molar-refractivity contribution in [3.05, 3.63) is 58.1 Å². The van der Waals surface area contributed by atoms with Crippen LogP contribution < -0.4 is 0 Å². The number of rotatable bonds is 3. The Balaban J connectivity index is 2.40. The zero-order valence-electron chi connectivity index (χ0n) is 8.99. The molecule has 0 saturated heterocycles. The molecule has 92 valence electrons. The summed E-state index contributed by atoms with van der Waals surface area (Å²) in [4.78, 5) is 12.8. The predicted molar refractivity (Wildman–Crippen MR) is 77.2 cm³/mol. The summed E-state index contributed by atoms with van der Waals surface area (Å²) in [5.74, 6) is 0. The highest BCUT2D eigenvalue weighted by Crippen LogP contribution is 2.36. The normalized spacial score (nSPS) is 10.4. The molecule has 0 spiro atoms. The smallest absolute Gasteiger partial charge is 0.253 e. The van der Waals surface area contributed by atoms with Crippen LogP contribution >= 0.6 is 46.6 Å². The fourth-order valence-corrected chi connectivity index (χ4v) is 3.09. The van der Waals surface area contributed by atoms with Crippen molar-refractivity contribution in [2.45, 2.75) is 9.79 Å². The maximum atomic E-state index is 11.3. The van der Waals surface area contributed by atoms with Crippen molar-refractivity contribution in [1.29, 1.82) is 0 Å². The Kier molecular flexibility index (Phi) is 4.57. The molecule has 0 aromatic heterocycles. The van der Waals surface area contributed by atoms with Crippen molar-refractivity contribution in [1.82, 2.24) is 0 Å². The first-order valence-corrected chi connectivity index (χ1v) is 6.95. The van der Waals surface area contributed by atoms with E-state index < -0.39 is 5.24 Å². The molecule has 0 N–H and O–H groups in total. The fourth-order valence-electron chi connectivity index (χ4n) is 1.39. The van der Waals surface area contributed by atoms with Gasteiger partial charge in [-0.1, -0.05) is 47.1 Å². The monoisotopic (exact) mass is 316 g/mol. The summed E-state index contributed by atoms with van der Waals surface area (Å²) in [6, 6.07) is 12.3. The second-order valence-corrected chi connectivity index (χ2v) is 5.72. The van der Waals surface area contributed by atoms with Crippen molar-refractivity contribution in [3.63, 3.8) is 0 Å². The molecule has 0 aliphatic rings. The van der Waals surface area contributed by atoms with Gasteiger partial charge in [0.15, 0.2) is 0 Å². The molecule has 0 unspecified atom stereocenters. The summed E-state index contributed by atoms with van der Waals surface area (Å²) in [6.07, 6.45) is 0. The molecule has 0 fully saturated rings. The van der Waals surface area contributed by atoms with Crippen molar-refractivity contribution in [3.8, 4) is 0 Å². The highest BCUT2D eigenvalue weighted by Gasteiger charge is 2.11. The third kappa shape index (κ3) is 3.21. The van der Waals surface area contributed by atoms with E-state index >= 15 is 0 Å². The van der Waals surface area contributed by atoms with Gasteiger partial charge in [0.05, 0.1) is 5.02 Å². The summed E-state index contributed by atoms with van der Waals surface area (Å²) >= 11 is 18.9. The number of halogens is 3. The number of carbonyl (C=O) groups is 1. The van der Waals surface area contributed by atoms with Gasteiger partial charge in [0, 0.05) is 20.4 Å². The van der Waals surface area contributed by atoms with E-state index in [4.69, 9.17) is 34.8 Å². The van der Waals surface area contributed by atoms with Gasteiger partial charge >= 0.3 is 0 Å². The van der Waals surface area contributed by atoms with Gasteiger partial charge in [-0.25, -0.2) is 0 Å². The van der Waals surface area contributed by atoms with E-state index in [1.165, 1.54) is 11.8 Å². The lowest BCUT2D eigenvalue weighted by Gasteiger charge is -2.07. The van der Waals surface area contributed by atoms with Crippen molar-refractivity contribution in [2.75, 3.05) is 0 Å². The van der Waals surface area contributed by atoms with Crippen LogP contribution in [-0.4, -0.2) is 5.24 Å². The topological polar surface area (TPSA) is 17.1 Å². The molecule has 0 aliphatic carbocycles. The van der Waals surface area contributed by atoms with Gasteiger partial charge in [-0.2, -0.15) is 0 Å². The molecule has 18 heavy (non-hydrogen) atoms. The minimum absolute atomic E-state index is 0.459. The average molecular weight is 318 g/mol. The lowest BCUT2D eigenvalue weighted by molar-refractivity contribution is 0.107. The van der Waals surface area contributed by atoms with Crippen LogP contribution in [0.3, 0.4) is 0 Å². The third-order valence-corrected chi connectivity index (χ3v) is 4.23. The zero-order valence-corrected chi connectivity index (χ0v) is 12.1. The molecule has 2 aromatic rings. The van der Waals surface area contributed by atoms with E-state index in [1.807, 2.05) is 12.1 Å². The van der Waals surface area contributed by atoms with Gasteiger partial charge < -0.3 is 0 Å². The number of hydrogen-bond donors (Lipinski definition) is 0. The molecular weight excluding hydrogens is 311 g/mol. The Hall–Kier alpha value is -0.670. The highest BCUT2D eigenvalue weighted by molar-refractivity contribution is 7.99. The quantitative estimate of drug-likeness (QED) is 0.693. The Bertz CT molecular complexity index is 599. The summed E-state index contributed by atoms with van der Waals surface area (Å²) in [7, 11) is 0. The van der Waals surface area contributed by atoms with Gasteiger partial charge in [-0.05, 0) is 41.9 Å². The van der Waals surface area contributed by atoms with E-state index in [-0.39, 0.29) is 0 Å². The van der Waals surface area contributed by atoms with Gasteiger partial charge in [0.25, 0.3) is 5.24 Å². The molecule has 0 radical (unpaired) electrons. The van der Waals surface area contributed by atoms with Crippen LogP contribution in [0.2, 0.25) is 10.0 Å². The first-order chi connectivity index (χ1) is 8.58. The van der Waals surface area contributed by atoms with Crippen LogP contribution in [0.5, 0.6) is 0 Å². The summed E-state index contributed by atoms with van der Waals surface area (Å²) in [5.41, 5.74) is 0.459. The number of carbonyl (C=O) groups excluding carboxylic acids is 1. The Morgan fingerprint density at radius 3 is 2.44 bits per heavy atom. The number of hydrogen-bond acceptors (Lipinski definition) is 2. The lowest BCUT2D eigenvalue weighted by atomic mass is 10.2. The van der Waals surface area contributed by atoms with Crippen LogP contribution in [0.4, 0.5) is 0 Å². The van der Waals surface area contributed by atoms with E-state index in [9.17, 15) is 4.79 Å². The highest BCUT2D eigenvalue weighted by atomic mass is 35.5. The van der Waals surface area contributed by atoms with Gasteiger partial charge in [-0.3, -0.25) is 4.79 Å². The molecule has 0 saturated carbocycles. The van der Waals surface area contributed by atoms with E-state index in [0.29, 0.717) is 15.6 Å². The van der Waals surface area contributed by atoms with Crippen LogP contribution in [0, 0.1) is 0 Å². The maximum absolute atomic E-state index is 11.3. The first kappa shape index (κ1) is 13.8. The first-order valence-electron chi connectivity index (χ1n) is 4.99. The molecule has 2 aromatic carbocycles. The average Bonchev–Trinajstić information content (AvgIpc) is 2.34. The molecule has 0 heterocycles. The van der Waals surface area contributed by atoms with Crippen LogP contribution in [0.15, 0.2) is 52.3 Å². The number of benzene rings is 2. The minimum atomic E-state index is -0.490. The standard InChI is InChI=1S/C13H7Cl3OS/c14-8-5-6-10(15)12(7-8)18-11-4-2-1-3-9(11)13(16)17/h1-7H. The van der Waals surface area contributed by atoms with Gasteiger partial charge in [-0.15, -0.1) is 0 Å². The van der Waals surface area contributed by atoms with Gasteiger partial charge in [0.2, 0.25) is 0 Å². The van der Waals surface area contributed by atoms with Gasteiger partial charge in [0.1, 0.15) is 0 Å². The lowest BCUT2D eigenvalue weighted by Crippen LogP contribution is -1.91. The molecule has 1 nitrogen and oxygen atoms in total. The zero-order chi connectivity index (χ0) is 13.1. The Morgan fingerprint density at radius 2 is 1.72 bits per heavy atom. The second kappa shape index (κ2) is 5.98. The maximum Gasteiger partial charge on any atom is 0.253 e. The molecule has 2 rings (SSSR count). The molecule has 5 heteroatoms. The van der Waals surface area contributed by atoms with Crippen molar-refractivity contribution in [2.24, 2.45) is 0 Å². The Morgan fingerprint density at radius 1 is 1.00 bits per heavy atom. The molecule has 0 bridgehead atoms. The van der Waals surface area contributed by atoms with Crippen LogP contribution in [0.25, 0.3) is 0 Å². The SMILES string of the molecule is O=C(Cl)c1ccccc1Sc1cc(Cl)ccc1Cl. The molecule has 0 aliphatic heterocycles. The van der Waals surface area contributed by atoms with Crippen LogP contribution in [-0.2, 0) is 0 Å². The predicted octanol–water partition coefficient (Wildman–Crippen LogP) is 5.52. The van der Waals surface area contributed by atoms with E-state index in [1.54, 1.807) is 30.3 Å². The van der Waals surface area contributed by atoms with E-state index in [0.717, 1.165) is 9.79 Å². The summed E-state index contributed by atoms with van der Waals surface area (Å²) in [5, 5.41) is 0.689. The van der Waals surface area contributed by atoms with E-state index in [2.05, 4.69) is 0 Å². The third-order valence-electron chi connectivity index (χ3n) is 2.21. The fraction of sp³-hybridized carbons (Fsp3) is 0.